The van der Waals surface area contributed by atoms with Gasteiger partial charge in [0.25, 0.3) is 5.91 Å². The summed E-state index contributed by atoms with van der Waals surface area (Å²) in [7, 11) is 1.59. The Balaban J connectivity index is 1.76. The van der Waals surface area contributed by atoms with Gasteiger partial charge in [-0.25, -0.2) is 0 Å². The van der Waals surface area contributed by atoms with Crippen LogP contribution in [0.1, 0.15) is 42.5 Å². The number of thioether (sulfide) groups is 1. The summed E-state index contributed by atoms with van der Waals surface area (Å²) in [5.74, 6) is 1.14. The molecule has 0 aliphatic rings. The van der Waals surface area contributed by atoms with Gasteiger partial charge >= 0.3 is 0 Å². The highest BCUT2D eigenvalue weighted by Crippen LogP contribution is 2.27. The first-order valence-corrected chi connectivity index (χ1v) is 13.3. The molecule has 11 heteroatoms. The average Bonchev–Trinajstić information content (AvgIpc) is 3.25. The third-order valence-electron chi connectivity index (χ3n) is 5.26. The lowest BCUT2D eigenvalue weighted by molar-refractivity contribution is -0.113. The van der Waals surface area contributed by atoms with Crippen molar-refractivity contribution in [2.24, 2.45) is 5.92 Å². The lowest BCUT2D eigenvalue weighted by Gasteiger charge is -2.21. The highest BCUT2D eigenvalue weighted by atomic mass is 35.5. The summed E-state index contributed by atoms with van der Waals surface area (Å²) in [5, 5.41) is 15.8. The van der Waals surface area contributed by atoms with Gasteiger partial charge in [0.15, 0.2) is 11.0 Å². The van der Waals surface area contributed by atoms with Crippen molar-refractivity contribution in [1.29, 1.82) is 0 Å². The van der Waals surface area contributed by atoms with Crippen molar-refractivity contribution in [2.75, 3.05) is 18.2 Å². The number of benzene rings is 2. The topological polar surface area (TPSA) is 98.1 Å². The van der Waals surface area contributed by atoms with Crippen LogP contribution in [-0.2, 0) is 11.3 Å². The second-order valence-electron chi connectivity index (χ2n) is 8.59. The Morgan fingerprint density at radius 3 is 2.51 bits per heavy atom. The summed E-state index contributed by atoms with van der Waals surface area (Å²) in [5.41, 5.74) is 0.986. The summed E-state index contributed by atoms with van der Waals surface area (Å²) in [4.78, 5) is 25.6. The van der Waals surface area contributed by atoms with Gasteiger partial charge in [-0.2, -0.15) is 0 Å². The smallest absolute Gasteiger partial charge is 0.253 e. The number of anilines is 1. The Labute approximate surface area is 230 Å². The molecule has 3 aromatic rings. The van der Waals surface area contributed by atoms with Crippen molar-refractivity contribution in [1.82, 2.24) is 20.1 Å². The average molecular weight is 563 g/mol. The summed E-state index contributed by atoms with van der Waals surface area (Å²) in [6.45, 7) is 8.37. The quantitative estimate of drug-likeness (QED) is 0.207. The SMILES string of the molecule is C=CCn1c(SCC(=O)Nc2ccc(OC)cc2)nnc1[C@H](CC(C)C)NC(=O)c1ccc(Cl)cc1Cl. The van der Waals surface area contributed by atoms with Crippen LogP contribution in [0.5, 0.6) is 5.75 Å². The molecular formula is C26H29Cl2N5O3S. The molecule has 1 aromatic heterocycles. The van der Waals surface area contributed by atoms with Gasteiger partial charge in [0, 0.05) is 17.3 Å². The molecule has 2 N–H and O–H groups in total. The molecule has 37 heavy (non-hydrogen) atoms. The summed E-state index contributed by atoms with van der Waals surface area (Å²) in [6.07, 6.45) is 2.34. The second-order valence-corrected chi connectivity index (χ2v) is 10.4. The molecule has 0 aliphatic carbocycles. The molecule has 2 aromatic carbocycles. The van der Waals surface area contributed by atoms with E-state index in [1.807, 2.05) is 4.57 Å². The third-order valence-corrected chi connectivity index (χ3v) is 6.78. The molecular weight excluding hydrogens is 533 g/mol. The highest BCUT2D eigenvalue weighted by molar-refractivity contribution is 7.99. The van der Waals surface area contributed by atoms with Crippen LogP contribution in [0.4, 0.5) is 5.69 Å². The number of methoxy groups -OCH3 is 1. The minimum Gasteiger partial charge on any atom is -0.497 e. The van der Waals surface area contributed by atoms with Gasteiger partial charge in [0.1, 0.15) is 5.75 Å². The van der Waals surface area contributed by atoms with Crippen LogP contribution >= 0.6 is 35.0 Å². The van der Waals surface area contributed by atoms with Crippen molar-refractivity contribution in [3.05, 3.63) is 76.6 Å². The van der Waals surface area contributed by atoms with Gasteiger partial charge < -0.3 is 19.9 Å². The van der Waals surface area contributed by atoms with Gasteiger partial charge in [-0.15, -0.1) is 16.8 Å². The van der Waals surface area contributed by atoms with Crippen LogP contribution in [0.2, 0.25) is 10.0 Å². The number of nitrogens with one attached hydrogen (secondary N) is 2. The molecule has 0 saturated carbocycles. The number of hydrogen-bond acceptors (Lipinski definition) is 6. The fourth-order valence-corrected chi connectivity index (χ4v) is 4.83. The Kier molecular flexibility index (Phi) is 10.4. The van der Waals surface area contributed by atoms with Gasteiger partial charge in [-0.3, -0.25) is 9.59 Å². The van der Waals surface area contributed by atoms with E-state index in [9.17, 15) is 9.59 Å². The number of hydrogen-bond donors (Lipinski definition) is 2. The molecule has 0 spiro atoms. The monoisotopic (exact) mass is 561 g/mol. The van der Waals surface area contributed by atoms with E-state index >= 15 is 0 Å². The van der Waals surface area contributed by atoms with Crippen molar-refractivity contribution in [2.45, 2.75) is 38.0 Å². The minimum absolute atomic E-state index is 0.128. The van der Waals surface area contributed by atoms with Crippen molar-refractivity contribution < 1.29 is 14.3 Å². The molecule has 0 fully saturated rings. The van der Waals surface area contributed by atoms with Crippen LogP contribution in [0.15, 0.2) is 60.3 Å². The van der Waals surface area contributed by atoms with Gasteiger partial charge in [0.2, 0.25) is 5.91 Å². The maximum absolute atomic E-state index is 13.1. The lowest BCUT2D eigenvalue weighted by atomic mass is 10.0. The zero-order valence-electron chi connectivity index (χ0n) is 20.8. The van der Waals surface area contributed by atoms with Crippen LogP contribution < -0.4 is 15.4 Å². The van der Waals surface area contributed by atoms with Crippen LogP contribution in [0, 0.1) is 5.92 Å². The normalized spacial score (nSPS) is 11.7. The Morgan fingerprint density at radius 2 is 1.89 bits per heavy atom. The van der Waals surface area contributed by atoms with Crippen molar-refractivity contribution in [3.63, 3.8) is 0 Å². The predicted molar refractivity (Wildman–Crippen MR) is 149 cm³/mol. The van der Waals surface area contributed by atoms with E-state index in [0.717, 1.165) is 0 Å². The molecule has 196 valence electrons. The third kappa shape index (κ3) is 7.99. The molecule has 0 bridgehead atoms. The lowest BCUT2D eigenvalue weighted by Crippen LogP contribution is -2.32. The number of halogens is 2. The van der Waals surface area contributed by atoms with Gasteiger partial charge in [0.05, 0.1) is 29.5 Å². The highest BCUT2D eigenvalue weighted by Gasteiger charge is 2.25. The fraction of sp³-hybridized carbons (Fsp3) is 0.308. The Morgan fingerprint density at radius 1 is 1.16 bits per heavy atom. The Hall–Kier alpha value is -3.01. The molecule has 3 rings (SSSR count). The zero-order chi connectivity index (χ0) is 26.9. The van der Waals surface area contributed by atoms with Gasteiger partial charge in [-0.05, 0) is 54.8 Å². The first-order valence-electron chi connectivity index (χ1n) is 11.6. The number of amides is 2. The maximum atomic E-state index is 13.1. The summed E-state index contributed by atoms with van der Waals surface area (Å²) < 4.78 is 7.00. The minimum atomic E-state index is -0.436. The van der Waals surface area contributed by atoms with Gasteiger partial charge in [-0.1, -0.05) is 54.9 Å². The van der Waals surface area contributed by atoms with Crippen molar-refractivity contribution in [3.8, 4) is 5.75 Å². The van der Waals surface area contributed by atoms with E-state index < -0.39 is 6.04 Å². The number of allylic oxidation sites excluding steroid dienone is 1. The molecule has 0 saturated heterocycles. The van der Waals surface area contributed by atoms with E-state index in [0.29, 0.717) is 46.0 Å². The molecule has 2 amide bonds. The number of aromatic nitrogens is 3. The van der Waals surface area contributed by atoms with E-state index in [2.05, 4.69) is 41.3 Å². The van der Waals surface area contributed by atoms with E-state index in [1.54, 1.807) is 49.6 Å². The first-order chi connectivity index (χ1) is 17.7. The molecule has 8 nitrogen and oxygen atoms in total. The summed E-state index contributed by atoms with van der Waals surface area (Å²) in [6, 6.07) is 11.4. The number of carbonyl (C=O) groups excluding carboxylic acids is 2. The number of ether oxygens (including phenoxy) is 1. The van der Waals surface area contributed by atoms with E-state index in [4.69, 9.17) is 27.9 Å². The fourth-order valence-electron chi connectivity index (χ4n) is 3.58. The van der Waals surface area contributed by atoms with Crippen LogP contribution in [-0.4, -0.2) is 39.4 Å². The number of nitrogens with zero attached hydrogens (tertiary/aromatic N) is 3. The second kappa shape index (κ2) is 13.5. The summed E-state index contributed by atoms with van der Waals surface area (Å²) >= 11 is 13.5. The number of rotatable bonds is 12. The van der Waals surface area contributed by atoms with Crippen LogP contribution in [0.25, 0.3) is 0 Å². The van der Waals surface area contributed by atoms with E-state index in [-0.39, 0.29) is 28.5 Å². The van der Waals surface area contributed by atoms with E-state index in [1.165, 1.54) is 17.8 Å². The number of carbonyl (C=O) groups is 2. The Bertz CT molecular complexity index is 1250. The molecule has 0 unspecified atom stereocenters. The predicted octanol–water partition coefficient (Wildman–Crippen LogP) is 6.03. The molecule has 0 radical (unpaired) electrons. The van der Waals surface area contributed by atoms with Crippen molar-refractivity contribution >= 4 is 52.5 Å². The molecule has 1 heterocycles. The van der Waals surface area contributed by atoms with Crippen LogP contribution in [0.3, 0.4) is 0 Å². The largest absolute Gasteiger partial charge is 0.497 e. The molecule has 1 atom stereocenters. The first kappa shape index (κ1) is 28.6. The maximum Gasteiger partial charge on any atom is 0.253 e. The molecule has 0 aliphatic heterocycles. The zero-order valence-corrected chi connectivity index (χ0v) is 23.2. The standard InChI is InChI=1S/C26H29Cl2N5O3S/c1-5-12-33-24(22(13-16(2)3)30-25(35)20-11-6-17(27)14-21(20)28)31-32-26(33)37-15-23(34)29-18-7-9-19(36-4)10-8-18/h5-11,14,16,22H,1,12-13,15H2,2-4H3,(H,29,34)(H,30,35)/t22-/m0/s1.